The van der Waals surface area contributed by atoms with Crippen LogP contribution in [0.4, 0.5) is 0 Å². The van der Waals surface area contributed by atoms with Crippen LogP contribution >= 0.6 is 0 Å². The van der Waals surface area contributed by atoms with Crippen LogP contribution in [0, 0.1) is 0 Å². The van der Waals surface area contributed by atoms with E-state index in [0.29, 0.717) is 10.9 Å². The third-order valence-electron chi connectivity index (χ3n) is 3.10. The Morgan fingerprint density at radius 2 is 2.05 bits per heavy atom. The number of hydrogen-bond donors (Lipinski definition) is 1. The number of para-hydroxylation sites is 1. The maximum absolute atomic E-state index is 12.2. The Morgan fingerprint density at radius 3 is 2.71 bits per heavy atom. The lowest BCUT2D eigenvalue weighted by molar-refractivity contribution is -0.133. The van der Waals surface area contributed by atoms with Gasteiger partial charge in [0.25, 0.3) is 0 Å². The third kappa shape index (κ3) is 3.66. The summed E-state index contributed by atoms with van der Waals surface area (Å²) in [5.74, 6) is -0.182. The maximum atomic E-state index is 12.2. The molecule has 112 valence electrons. The Labute approximate surface area is 122 Å². The van der Waals surface area contributed by atoms with Crippen molar-refractivity contribution in [3.05, 3.63) is 40.7 Å². The van der Waals surface area contributed by atoms with Crippen LogP contribution in [0.3, 0.4) is 0 Å². The molecule has 6 nitrogen and oxygen atoms in total. The largest absolute Gasteiger partial charge is 0.389 e. The first-order chi connectivity index (χ1) is 9.78. The molecule has 1 N–H and O–H groups in total. The first-order valence-electron chi connectivity index (χ1n) is 6.69. The molecule has 2 rings (SSSR count). The van der Waals surface area contributed by atoms with Crippen LogP contribution < -0.4 is 5.43 Å². The van der Waals surface area contributed by atoms with E-state index in [1.807, 2.05) is 0 Å². The maximum Gasteiger partial charge on any atom is 0.244 e. The predicted molar refractivity (Wildman–Crippen MR) is 79.9 cm³/mol. The van der Waals surface area contributed by atoms with Gasteiger partial charge in [0.05, 0.1) is 17.3 Å². The summed E-state index contributed by atoms with van der Waals surface area (Å²) >= 11 is 0. The fourth-order valence-corrected chi connectivity index (χ4v) is 2.20. The van der Waals surface area contributed by atoms with E-state index in [9.17, 15) is 14.7 Å². The van der Waals surface area contributed by atoms with E-state index in [0.717, 1.165) is 0 Å². The molecule has 0 aliphatic carbocycles. The van der Waals surface area contributed by atoms with Gasteiger partial charge in [-0.25, -0.2) is 0 Å². The number of benzene rings is 1. The van der Waals surface area contributed by atoms with Crippen molar-refractivity contribution >= 4 is 16.8 Å². The summed E-state index contributed by atoms with van der Waals surface area (Å²) in [5.41, 5.74) is -0.502. The number of aromatic nitrogens is 2. The summed E-state index contributed by atoms with van der Waals surface area (Å²) in [4.78, 5) is 25.4. The third-order valence-corrected chi connectivity index (χ3v) is 3.10. The summed E-state index contributed by atoms with van der Waals surface area (Å²) in [6.45, 7) is 3.53. The Morgan fingerprint density at radius 1 is 1.38 bits per heavy atom. The van der Waals surface area contributed by atoms with Crippen LogP contribution in [0.5, 0.6) is 0 Å². The van der Waals surface area contributed by atoms with Crippen molar-refractivity contribution in [2.75, 3.05) is 13.6 Å². The molecule has 0 saturated carbocycles. The topological polar surface area (TPSA) is 75.4 Å². The van der Waals surface area contributed by atoms with Crippen molar-refractivity contribution < 1.29 is 9.90 Å². The summed E-state index contributed by atoms with van der Waals surface area (Å²) in [7, 11) is 1.63. The summed E-state index contributed by atoms with van der Waals surface area (Å²) in [5, 5.41) is 14.3. The molecular formula is C15H19N3O3. The molecule has 2 aromatic rings. The van der Waals surface area contributed by atoms with Gasteiger partial charge in [-0.2, -0.15) is 5.10 Å². The molecule has 1 aromatic heterocycles. The van der Waals surface area contributed by atoms with Crippen LogP contribution in [-0.2, 0) is 11.3 Å². The first kappa shape index (κ1) is 15.2. The molecule has 0 aliphatic heterocycles. The number of carbonyl (C=O) groups excluding carboxylic acids is 1. The van der Waals surface area contributed by atoms with E-state index in [1.54, 1.807) is 45.2 Å². The van der Waals surface area contributed by atoms with Gasteiger partial charge in [0.2, 0.25) is 11.3 Å². The zero-order chi connectivity index (χ0) is 15.6. The molecule has 1 amide bonds. The summed E-state index contributed by atoms with van der Waals surface area (Å²) in [6.07, 6.45) is 1.21. The minimum Gasteiger partial charge on any atom is -0.389 e. The van der Waals surface area contributed by atoms with Crippen LogP contribution in [0.25, 0.3) is 10.9 Å². The summed E-state index contributed by atoms with van der Waals surface area (Å²) in [6, 6.07) is 7.04. The lowest BCUT2D eigenvalue weighted by Crippen LogP contribution is -2.41. The molecule has 0 radical (unpaired) electrons. The zero-order valence-electron chi connectivity index (χ0n) is 12.4. The van der Waals surface area contributed by atoms with E-state index >= 15 is 0 Å². The second-order valence-electron chi connectivity index (χ2n) is 5.75. The van der Waals surface area contributed by atoms with Crippen molar-refractivity contribution in [2.45, 2.75) is 26.0 Å². The van der Waals surface area contributed by atoms with Gasteiger partial charge in [0, 0.05) is 19.0 Å². The minimum absolute atomic E-state index is 0.0212. The van der Waals surface area contributed by atoms with E-state index in [4.69, 9.17) is 0 Å². The molecule has 0 spiro atoms. The molecule has 0 aliphatic rings. The predicted octanol–water partition coefficient (Wildman–Crippen LogP) is 0.626. The van der Waals surface area contributed by atoms with Gasteiger partial charge in [-0.15, -0.1) is 0 Å². The fourth-order valence-electron chi connectivity index (χ4n) is 2.20. The van der Waals surface area contributed by atoms with Gasteiger partial charge in [-0.3, -0.25) is 14.3 Å². The molecule has 0 saturated heterocycles. The standard InChI is InChI=1S/C15H19N3O3/c1-15(2,21)10-17(3)14(20)9-18-12-7-5-4-6-11(12)13(19)8-16-18/h4-8,21H,9-10H2,1-3H3. The molecular weight excluding hydrogens is 270 g/mol. The number of carbonyl (C=O) groups is 1. The highest BCUT2D eigenvalue weighted by Crippen LogP contribution is 2.09. The Bertz CT molecular complexity index is 716. The van der Waals surface area contributed by atoms with Crippen LogP contribution in [-0.4, -0.2) is 44.9 Å². The molecule has 0 unspecified atom stereocenters. The molecule has 1 aromatic carbocycles. The molecule has 21 heavy (non-hydrogen) atoms. The summed E-state index contributed by atoms with van der Waals surface area (Å²) < 4.78 is 1.50. The monoisotopic (exact) mass is 289 g/mol. The normalized spacial score (nSPS) is 11.6. The Kier molecular flexibility index (Phi) is 4.09. The molecule has 0 bridgehead atoms. The number of likely N-dealkylation sites (N-methyl/N-ethyl adjacent to an activating group) is 1. The molecule has 1 heterocycles. The van der Waals surface area contributed by atoms with E-state index in [1.165, 1.54) is 15.8 Å². The quantitative estimate of drug-likeness (QED) is 0.895. The van der Waals surface area contributed by atoms with Gasteiger partial charge in [0.1, 0.15) is 6.54 Å². The van der Waals surface area contributed by atoms with Gasteiger partial charge >= 0.3 is 0 Å². The van der Waals surface area contributed by atoms with E-state index < -0.39 is 5.60 Å². The number of amides is 1. The minimum atomic E-state index is -0.955. The lowest BCUT2D eigenvalue weighted by atomic mass is 10.1. The number of nitrogens with zero attached hydrogens (tertiary/aromatic N) is 3. The number of aliphatic hydroxyl groups is 1. The van der Waals surface area contributed by atoms with Crippen molar-refractivity contribution in [3.63, 3.8) is 0 Å². The van der Waals surface area contributed by atoms with Crippen molar-refractivity contribution in [1.29, 1.82) is 0 Å². The smallest absolute Gasteiger partial charge is 0.244 e. The molecule has 6 heteroatoms. The average Bonchev–Trinajstić information content (AvgIpc) is 2.40. The van der Waals surface area contributed by atoms with E-state index in [-0.39, 0.29) is 24.4 Å². The van der Waals surface area contributed by atoms with Gasteiger partial charge in [0.15, 0.2) is 0 Å². The van der Waals surface area contributed by atoms with Crippen LogP contribution in [0.1, 0.15) is 13.8 Å². The average molecular weight is 289 g/mol. The second kappa shape index (κ2) is 5.65. The first-order valence-corrected chi connectivity index (χ1v) is 6.69. The van der Waals surface area contributed by atoms with Crippen molar-refractivity contribution in [3.8, 4) is 0 Å². The zero-order valence-corrected chi connectivity index (χ0v) is 12.4. The molecule has 0 atom stereocenters. The number of rotatable bonds is 4. The van der Waals surface area contributed by atoms with Gasteiger partial charge < -0.3 is 10.0 Å². The van der Waals surface area contributed by atoms with E-state index in [2.05, 4.69) is 5.10 Å². The second-order valence-corrected chi connectivity index (χ2v) is 5.75. The lowest BCUT2D eigenvalue weighted by Gasteiger charge is -2.25. The van der Waals surface area contributed by atoms with Gasteiger partial charge in [-0.1, -0.05) is 12.1 Å². The number of hydrogen-bond acceptors (Lipinski definition) is 4. The Balaban J connectivity index is 2.26. The number of fused-ring (bicyclic) bond motifs is 1. The fraction of sp³-hybridized carbons (Fsp3) is 0.400. The Hall–Kier alpha value is -2.21. The van der Waals surface area contributed by atoms with Gasteiger partial charge in [-0.05, 0) is 26.0 Å². The SMILES string of the molecule is CN(CC(C)(C)O)C(=O)Cn1ncc(=O)c2ccccc21. The van der Waals surface area contributed by atoms with Crippen molar-refractivity contribution in [1.82, 2.24) is 14.7 Å². The highest BCUT2D eigenvalue weighted by molar-refractivity contribution is 5.81. The van der Waals surface area contributed by atoms with Crippen LogP contribution in [0.15, 0.2) is 35.3 Å². The highest BCUT2D eigenvalue weighted by Gasteiger charge is 2.20. The van der Waals surface area contributed by atoms with Crippen LogP contribution in [0.2, 0.25) is 0 Å². The molecule has 0 fully saturated rings. The highest BCUT2D eigenvalue weighted by atomic mass is 16.3. The van der Waals surface area contributed by atoms with Crippen molar-refractivity contribution in [2.24, 2.45) is 0 Å².